The smallest absolute Gasteiger partial charge is 0.336 e. The van der Waals surface area contributed by atoms with Crippen molar-refractivity contribution in [2.24, 2.45) is 0 Å². The molecule has 5 nitrogen and oxygen atoms in total. The summed E-state index contributed by atoms with van der Waals surface area (Å²) in [5.74, 6) is 0.0938. The van der Waals surface area contributed by atoms with E-state index in [1.807, 2.05) is 0 Å². The van der Waals surface area contributed by atoms with Gasteiger partial charge in [-0.2, -0.15) is 0 Å². The van der Waals surface area contributed by atoms with Gasteiger partial charge < -0.3 is 13.9 Å². The lowest BCUT2D eigenvalue weighted by atomic mass is 10.1. The van der Waals surface area contributed by atoms with Crippen molar-refractivity contribution in [1.29, 1.82) is 0 Å². The van der Waals surface area contributed by atoms with E-state index in [0.29, 0.717) is 37.9 Å². The van der Waals surface area contributed by atoms with E-state index in [0.717, 1.165) is 0 Å². The highest BCUT2D eigenvalue weighted by Gasteiger charge is 2.12. The number of methoxy groups -OCH3 is 1. The van der Waals surface area contributed by atoms with Gasteiger partial charge in [0.25, 0.3) is 0 Å². The molecule has 1 aromatic heterocycles. The van der Waals surface area contributed by atoms with Crippen molar-refractivity contribution >= 4 is 40.1 Å². The number of hydrogen-bond donors (Lipinski definition) is 0. The van der Waals surface area contributed by atoms with Crippen LogP contribution in [0.4, 0.5) is 0 Å². The number of ether oxygens (including phenoxy) is 2. The van der Waals surface area contributed by atoms with Crippen LogP contribution in [-0.4, -0.2) is 13.1 Å². The van der Waals surface area contributed by atoms with E-state index in [1.54, 1.807) is 36.4 Å². The van der Waals surface area contributed by atoms with Gasteiger partial charge in [0.05, 0.1) is 13.5 Å². The first-order chi connectivity index (χ1) is 12.5. The molecule has 0 unspecified atom stereocenters. The Hall–Kier alpha value is -2.50. The van der Waals surface area contributed by atoms with Crippen molar-refractivity contribution in [3.05, 3.63) is 74.1 Å². The first kappa shape index (κ1) is 18.3. The van der Waals surface area contributed by atoms with Crippen LogP contribution in [0.2, 0.25) is 10.0 Å². The summed E-state index contributed by atoms with van der Waals surface area (Å²) < 4.78 is 15.6. The Bertz CT molecular complexity index is 1030. The second-order valence-corrected chi connectivity index (χ2v) is 6.37. The van der Waals surface area contributed by atoms with E-state index in [9.17, 15) is 9.59 Å². The molecule has 0 saturated heterocycles. The molecule has 0 amide bonds. The summed E-state index contributed by atoms with van der Waals surface area (Å²) in [5, 5.41) is 1.56. The number of fused-ring (bicyclic) bond motifs is 1. The van der Waals surface area contributed by atoms with E-state index in [2.05, 4.69) is 0 Å². The fourth-order valence-corrected chi connectivity index (χ4v) is 2.96. The maximum absolute atomic E-state index is 12.1. The molecule has 0 N–H and O–H groups in total. The van der Waals surface area contributed by atoms with Crippen LogP contribution in [0, 0.1) is 0 Å². The topological polar surface area (TPSA) is 65.7 Å². The van der Waals surface area contributed by atoms with Crippen molar-refractivity contribution < 1.29 is 18.7 Å². The highest BCUT2D eigenvalue weighted by Crippen LogP contribution is 2.24. The van der Waals surface area contributed by atoms with Crippen LogP contribution in [0.1, 0.15) is 11.1 Å². The number of carbonyl (C=O) groups excluding carboxylic acids is 1. The highest BCUT2D eigenvalue weighted by molar-refractivity contribution is 6.35. The average molecular weight is 393 g/mol. The molecule has 0 fully saturated rings. The molecule has 134 valence electrons. The molecule has 0 saturated carbocycles. The lowest BCUT2D eigenvalue weighted by molar-refractivity contribution is -0.144. The van der Waals surface area contributed by atoms with Crippen LogP contribution in [0.5, 0.6) is 5.75 Å². The Morgan fingerprint density at radius 1 is 1.08 bits per heavy atom. The summed E-state index contributed by atoms with van der Waals surface area (Å²) >= 11 is 11.9. The number of rotatable bonds is 5. The van der Waals surface area contributed by atoms with Crippen LogP contribution in [0.3, 0.4) is 0 Å². The lowest BCUT2D eigenvalue weighted by Crippen LogP contribution is -2.10. The second-order valence-electron chi connectivity index (χ2n) is 5.53. The summed E-state index contributed by atoms with van der Waals surface area (Å²) in [5.41, 5.74) is 0.999. The Balaban J connectivity index is 1.76. The summed E-state index contributed by atoms with van der Waals surface area (Å²) in [7, 11) is 1.52. The Morgan fingerprint density at radius 3 is 2.62 bits per heavy atom. The van der Waals surface area contributed by atoms with Crippen molar-refractivity contribution in [2.45, 2.75) is 13.0 Å². The van der Waals surface area contributed by atoms with Crippen molar-refractivity contribution in [3.63, 3.8) is 0 Å². The number of esters is 1. The third kappa shape index (κ3) is 4.18. The van der Waals surface area contributed by atoms with Crippen LogP contribution in [0.15, 0.2) is 51.7 Å². The summed E-state index contributed by atoms with van der Waals surface area (Å²) in [6.45, 7) is -0.0571. The monoisotopic (exact) mass is 392 g/mol. The molecule has 0 atom stereocenters. The minimum Gasteiger partial charge on any atom is -0.497 e. The number of hydrogen-bond acceptors (Lipinski definition) is 5. The average Bonchev–Trinajstić information content (AvgIpc) is 2.61. The first-order valence-corrected chi connectivity index (χ1v) is 8.42. The normalized spacial score (nSPS) is 10.7. The summed E-state index contributed by atoms with van der Waals surface area (Å²) in [6.07, 6.45) is 0.00317. The van der Waals surface area contributed by atoms with Crippen LogP contribution >= 0.6 is 23.2 Å². The molecule has 0 aliphatic rings. The number of halogens is 2. The summed E-state index contributed by atoms with van der Waals surface area (Å²) in [4.78, 5) is 23.8. The van der Waals surface area contributed by atoms with E-state index >= 15 is 0 Å². The molecule has 26 heavy (non-hydrogen) atoms. The summed E-state index contributed by atoms with van der Waals surface area (Å²) in [6, 6.07) is 11.3. The van der Waals surface area contributed by atoms with E-state index < -0.39 is 11.6 Å². The highest BCUT2D eigenvalue weighted by atomic mass is 35.5. The van der Waals surface area contributed by atoms with Gasteiger partial charge in [0.2, 0.25) is 0 Å². The molecular weight excluding hydrogens is 379 g/mol. The maximum atomic E-state index is 12.1. The second kappa shape index (κ2) is 7.81. The van der Waals surface area contributed by atoms with E-state index in [1.165, 1.54) is 13.2 Å². The third-order valence-electron chi connectivity index (χ3n) is 3.78. The maximum Gasteiger partial charge on any atom is 0.336 e. The van der Waals surface area contributed by atoms with Crippen LogP contribution in [-0.2, 0) is 22.6 Å². The zero-order chi connectivity index (χ0) is 18.7. The molecule has 3 aromatic rings. The van der Waals surface area contributed by atoms with Gasteiger partial charge in [0, 0.05) is 33.1 Å². The van der Waals surface area contributed by atoms with Crippen LogP contribution in [0.25, 0.3) is 11.0 Å². The van der Waals surface area contributed by atoms with E-state index in [-0.39, 0.29) is 13.0 Å². The standard InChI is InChI=1S/C19H14Cl2O5/c1-24-14-4-5-15-12(7-19(23)26-17(15)9-14)10-25-18(22)6-11-2-3-13(20)8-16(11)21/h2-5,7-9H,6,10H2,1H3. The van der Waals surface area contributed by atoms with Gasteiger partial charge in [-0.15, -0.1) is 0 Å². The predicted octanol–water partition coefficient (Wildman–Crippen LogP) is 4.39. The first-order valence-electron chi connectivity index (χ1n) is 7.66. The van der Waals surface area contributed by atoms with Gasteiger partial charge in [-0.3, -0.25) is 4.79 Å². The van der Waals surface area contributed by atoms with Crippen LogP contribution < -0.4 is 10.4 Å². The zero-order valence-corrected chi connectivity index (χ0v) is 15.3. The predicted molar refractivity (Wildman–Crippen MR) is 99.0 cm³/mol. The minimum absolute atomic E-state index is 0.00317. The molecular formula is C19H14Cl2O5. The Labute approximate surface area is 159 Å². The molecule has 0 bridgehead atoms. The molecule has 0 radical (unpaired) electrons. The molecule has 7 heteroatoms. The fraction of sp³-hybridized carbons (Fsp3) is 0.158. The molecule has 0 aliphatic carbocycles. The van der Waals surface area contributed by atoms with Gasteiger partial charge >= 0.3 is 11.6 Å². The lowest BCUT2D eigenvalue weighted by Gasteiger charge is -2.09. The Morgan fingerprint density at radius 2 is 1.88 bits per heavy atom. The molecule has 0 aliphatic heterocycles. The zero-order valence-electron chi connectivity index (χ0n) is 13.8. The third-order valence-corrected chi connectivity index (χ3v) is 4.36. The Kier molecular flexibility index (Phi) is 5.49. The molecule has 3 rings (SSSR count). The van der Waals surface area contributed by atoms with Crippen molar-refractivity contribution in [2.75, 3.05) is 7.11 Å². The largest absolute Gasteiger partial charge is 0.497 e. The van der Waals surface area contributed by atoms with Crippen molar-refractivity contribution in [1.82, 2.24) is 0 Å². The van der Waals surface area contributed by atoms with Gasteiger partial charge in [0.15, 0.2) is 0 Å². The number of benzene rings is 2. The molecule has 1 heterocycles. The van der Waals surface area contributed by atoms with Crippen molar-refractivity contribution in [3.8, 4) is 5.75 Å². The van der Waals surface area contributed by atoms with Gasteiger partial charge in [-0.1, -0.05) is 29.3 Å². The molecule has 2 aromatic carbocycles. The molecule has 0 spiro atoms. The number of carbonyl (C=O) groups is 1. The SMILES string of the molecule is COc1ccc2c(COC(=O)Cc3ccc(Cl)cc3Cl)cc(=O)oc2c1. The van der Waals surface area contributed by atoms with E-state index in [4.69, 9.17) is 37.1 Å². The fourth-order valence-electron chi connectivity index (χ4n) is 2.49. The van der Waals surface area contributed by atoms with Gasteiger partial charge in [-0.25, -0.2) is 4.79 Å². The quantitative estimate of drug-likeness (QED) is 0.475. The van der Waals surface area contributed by atoms with Gasteiger partial charge in [-0.05, 0) is 29.8 Å². The van der Waals surface area contributed by atoms with Gasteiger partial charge in [0.1, 0.15) is 17.9 Å². The minimum atomic E-state index is -0.530.